The van der Waals surface area contributed by atoms with Crippen molar-refractivity contribution in [3.8, 4) is 0 Å². The second-order valence-corrected chi connectivity index (χ2v) is 5.27. The lowest BCUT2D eigenvalue weighted by atomic mass is 10.2. The van der Waals surface area contributed by atoms with E-state index in [1.54, 1.807) is 6.92 Å². The maximum absolute atomic E-state index is 13.6. The normalized spacial score (nSPS) is 10.2. The molecular weight excluding hydrogens is 327 g/mol. The molecule has 9 heteroatoms. The summed E-state index contributed by atoms with van der Waals surface area (Å²) in [6.45, 7) is 1.65. The summed E-state index contributed by atoms with van der Waals surface area (Å²) in [6.07, 6.45) is 0. The molecule has 1 aromatic heterocycles. The summed E-state index contributed by atoms with van der Waals surface area (Å²) in [6, 6.07) is 6.28. The molecule has 7 nitrogen and oxygen atoms in total. The van der Waals surface area contributed by atoms with Crippen molar-refractivity contribution in [1.29, 1.82) is 0 Å². The largest absolute Gasteiger partial charge is 0.462 e. The Balaban J connectivity index is 2.34. The smallest absolute Gasteiger partial charge is 0.341 e. The van der Waals surface area contributed by atoms with Gasteiger partial charge in [-0.15, -0.1) is 0 Å². The summed E-state index contributed by atoms with van der Waals surface area (Å²) in [4.78, 5) is 34.1. The van der Waals surface area contributed by atoms with E-state index in [4.69, 9.17) is 4.74 Å². The Morgan fingerprint density at radius 3 is 2.65 bits per heavy atom. The van der Waals surface area contributed by atoms with E-state index in [1.165, 1.54) is 18.2 Å². The molecule has 0 spiro atoms. The number of carbonyl (C=O) groups excluding carboxylic acids is 2. The molecule has 0 aliphatic carbocycles. The van der Waals surface area contributed by atoms with Crippen molar-refractivity contribution in [2.24, 2.45) is 0 Å². The molecular formula is C14H11FN2O5S. The predicted molar refractivity (Wildman–Crippen MR) is 81.3 cm³/mol. The van der Waals surface area contributed by atoms with Gasteiger partial charge in [-0.2, -0.15) is 0 Å². The third-order valence-corrected chi connectivity index (χ3v) is 3.74. The van der Waals surface area contributed by atoms with Crippen LogP contribution in [0.25, 0.3) is 0 Å². The van der Waals surface area contributed by atoms with Crippen LogP contribution in [0.15, 0.2) is 30.3 Å². The molecule has 2 rings (SSSR count). The molecule has 0 aliphatic rings. The second-order valence-electron chi connectivity index (χ2n) is 4.24. The van der Waals surface area contributed by atoms with Crippen LogP contribution < -0.4 is 5.32 Å². The van der Waals surface area contributed by atoms with Crippen molar-refractivity contribution in [3.63, 3.8) is 0 Å². The number of nitro groups is 1. The van der Waals surface area contributed by atoms with Crippen LogP contribution in [0.4, 0.5) is 14.4 Å². The molecule has 1 heterocycles. The van der Waals surface area contributed by atoms with Gasteiger partial charge in [0.25, 0.3) is 5.91 Å². The molecule has 0 unspecified atom stereocenters. The maximum Gasteiger partial charge on any atom is 0.341 e. The minimum atomic E-state index is -0.814. The van der Waals surface area contributed by atoms with E-state index in [0.29, 0.717) is 11.3 Å². The van der Waals surface area contributed by atoms with Gasteiger partial charge in [0.1, 0.15) is 16.4 Å². The number of thiophene rings is 1. The Morgan fingerprint density at radius 2 is 2.04 bits per heavy atom. The number of amides is 1. The Kier molecular flexibility index (Phi) is 5.02. The Bertz CT molecular complexity index is 774. The fraction of sp³-hybridized carbons (Fsp3) is 0.143. The molecule has 1 aromatic carbocycles. The number of hydrogen-bond acceptors (Lipinski definition) is 6. The van der Waals surface area contributed by atoms with Crippen LogP contribution in [0.3, 0.4) is 0 Å². The van der Waals surface area contributed by atoms with Crippen molar-refractivity contribution in [3.05, 3.63) is 57.4 Å². The highest BCUT2D eigenvalue weighted by atomic mass is 32.1. The lowest BCUT2D eigenvalue weighted by molar-refractivity contribution is -0.380. The van der Waals surface area contributed by atoms with Gasteiger partial charge in [0, 0.05) is 6.07 Å². The van der Waals surface area contributed by atoms with Crippen LogP contribution in [0.2, 0.25) is 0 Å². The number of benzene rings is 1. The second kappa shape index (κ2) is 6.97. The van der Waals surface area contributed by atoms with Crippen LogP contribution in [0, 0.1) is 15.9 Å². The van der Waals surface area contributed by atoms with Gasteiger partial charge in [0.05, 0.1) is 17.1 Å². The molecule has 0 radical (unpaired) electrons. The molecule has 0 bridgehead atoms. The van der Waals surface area contributed by atoms with Crippen molar-refractivity contribution >= 4 is 33.2 Å². The monoisotopic (exact) mass is 338 g/mol. The quantitative estimate of drug-likeness (QED) is 0.513. The van der Waals surface area contributed by atoms with Gasteiger partial charge in [0.2, 0.25) is 0 Å². The summed E-state index contributed by atoms with van der Waals surface area (Å²) < 4.78 is 18.4. The average molecular weight is 338 g/mol. The standard InChI is InChI=1S/C14H11FN2O5S/c1-2-22-14(19)9-7-11(17(20)21)23-13(9)16-12(18)8-5-3-4-6-10(8)15/h3-7H,2H2,1H3,(H,16,18). The van der Waals surface area contributed by atoms with Crippen LogP contribution in [-0.2, 0) is 4.74 Å². The van der Waals surface area contributed by atoms with Crippen LogP contribution in [0.5, 0.6) is 0 Å². The summed E-state index contributed by atoms with van der Waals surface area (Å²) in [7, 11) is 0. The number of ether oxygens (including phenoxy) is 1. The molecule has 0 saturated carbocycles. The van der Waals surface area contributed by atoms with Gasteiger partial charge in [-0.3, -0.25) is 14.9 Å². The highest BCUT2D eigenvalue weighted by molar-refractivity contribution is 7.19. The van der Waals surface area contributed by atoms with Gasteiger partial charge in [-0.1, -0.05) is 12.1 Å². The SMILES string of the molecule is CCOC(=O)c1cc([N+](=O)[O-])sc1NC(=O)c1ccccc1F. The van der Waals surface area contributed by atoms with Crippen LogP contribution in [0.1, 0.15) is 27.6 Å². The van der Waals surface area contributed by atoms with Crippen molar-refractivity contribution in [1.82, 2.24) is 0 Å². The van der Waals surface area contributed by atoms with Gasteiger partial charge in [-0.25, -0.2) is 9.18 Å². The Hall–Kier alpha value is -2.81. The number of anilines is 1. The topological polar surface area (TPSA) is 98.5 Å². The summed E-state index contributed by atoms with van der Waals surface area (Å²) >= 11 is 0.596. The molecule has 0 saturated heterocycles. The number of nitrogens with one attached hydrogen (secondary N) is 1. The van der Waals surface area contributed by atoms with Crippen molar-refractivity contribution in [2.75, 3.05) is 11.9 Å². The Morgan fingerprint density at radius 1 is 1.35 bits per heavy atom. The first-order valence-electron chi connectivity index (χ1n) is 6.45. The maximum atomic E-state index is 13.6. The molecule has 0 fully saturated rings. The molecule has 120 valence electrons. The zero-order chi connectivity index (χ0) is 17.0. The Labute approximate surface area is 133 Å². The highest BCUT2D eigenvalue weighted by Gasteiger charge is 2.24. The zero-order valence-electron chi connectivity index (χ0n) is 11.9. The summed E-state index contributed by atoms with van der Waals surface area (Å²) in [5.74, 6) is -2.36. The minimum Gasteiger partial charge on any atom is -0.462 e. The highest BCUT2D eigenvalue weighted by Crippen LogP contribution is 2.34. The van der Waals surface area contributed by atoms with E-state index in [-0.39, 0.29) is 27.7 Å². The number of nitrogens with zero attached hydrogens (tertiary/aromatic N) is 1. The number of rotatable bonds is 5. The van der Waals surface area contributed by atoms with E-state index in [0.717, 1.165) is 12.1 Å². The minimum absolute atomic E-state index is 0.0663. The molecule has 0 atom stereocenters. The first-order valence-corrected chi connectivity index (χ1v) is 7.27. The van der Waals surface area contributed by atoms with E-state index in [9.17, 15) is 24.1 Å². The fourth-order valence-corrected chi connectivity index (χ4v) is 2.59. The van der Waals surface area contributed by atoms with Crippen LogP contribution >= 0.6 is 11.3 Å². The number of esters is 1. The van der Waals surface area contributed by atoms with Gasteiger partial charge < -0.3 is 10.1 Å². The predicted octanol–water partition coefficient (Wildman–Crippen LogP) is 3.22. The lowest BCUT2D eigenvalue weighted by Gasteiger charge is -2.06. The van der Waals surface area contributed by atoms with E-state index in [1.807, 2.05) is 0 Å². The summed E-state index contributed by atoms with van der Waals surface area (Å²) in [5.41, 5.74) is -0.383. The molecule has 2 aromatic rings. The summed E-state index contributed by atoms with van der Waals surface area (Å²) in [5, 5.41) is 12.8. The zero-order valence-corrected chi connectivity index (χ0v) is 12.7. The lowest BCUT2D eigenvalue weighted by Crippen LogP contribution is -2.15. The van der Waals surface area contributed by atoms with Crippen molar-refractivity contribution in [2.45, 2.75) is 6.92 Å². The first-order chi connectivity index (χ1) is 10.9. The molecule has 1 N–H and O–H groups in total. The molecule has 1 amide bonds. The van der Waals surface area contributed by atoms with E-state index < -0.39 is 22.6 Å². The number of carbonyl (C=O) groups is 2. The average Bonchev–Trinajstić information content (AvgIpc) is 2.92. The van der Waals surface area contributed by atoms with Gasteiger partial charge in [-0.05, 0) is 30.4 Å². The molecule has 23 heavy (non-hydrogen) atoms. The van der Waals surface area contributed by atoms with Gasteiger partial charge >= 0.3 is 11.0 Å². The fourth-order valence-electron chi connectivity index (χ4n) is 1.74. The van der Waals surface area contributed by atoms with E-state index in [2.05, 4.69) is 5.32 Å². The third-order valence-electron chi connectivity index (χ3n) is 2.74. The van der Waals surface area contributed by atoms with Crippen molar-refractivity contribution < 1.29 is 23.6 Å². The molecule has 0 aliphatic heterocycles. The number of halogens is 1. The first kappa shape index (κ1) is 16.6. The van der Waals surface area contributed by atoms with Gasteiger partial charge in [0.15, 0.2) is 0 Å². The third kappa shape index (κ3) is 3.69. The number of hydrogen-bond donors (Lipinski definition) is 1. The van der Waals surface area contributed by atoms with E-state index >= 15 is 0 Å². The van der Waals surface area contributed by atoms with Crippen LogP contribution in [-0.4, -0.2) is 23.4 Å².